The summed E-state index contributed by atoms with van der Waals surface area (Å²) >= 11 is 0. The van der Waals surface area contributed by atoms with Crippen LogP contribution in [0.1, 0.15) is 29.9 Å². The van der Waals surface area contributed by atoms with Crippen molar-refractivity contribution in [1.82, 2.24) is 9.78 Å². The van der Waals surface area contributed by atoms with E-state index in [0.717, 1.165) is 29.7 Å². The quantitative estimate of drug-likeness (QED) is 0.853. The predicted molar refractivity (Wildman–Crippen MR) is 61.9 cm³/mol. The summed E-state index contributed by atoms with van der Waals surface area (Å²) in [5.74, 6) is 0.983. The van der Waals surface area contributed by atoms with Gasteiger partial charge in [-0.3, -0.25) is 4.68 Å². The Morgan fingerprint density at radius 3 is 3.00 bits per heavy atom. The van der Waals surface area contributed by atoms with Crippen LogP contribution < -0.4 is 5.73 Å². The van der Waals surface area contributed by atoms with Crippen LogP contribution in [0.2, 0.25) is 0 Å². The van der Waals surface area contributed by atoms with Gasteiger partial charge in [-0.05, 0) is 18.1 Å². The Morgan fingerprint density at radius 2 is 2.38 bits per heavy atom. The van der Waals surface area contributed by atoms with E-state index >= 15 is 0 Å². The number of furan rings is 1. The van der Waals surface area contributed by atoms with Crippen molar-refractivity contribution in [2.24, 2.45) is 12.8 Å². The zero-order valence-corrected chi connectivity index (χ0v) is 9.68. The summed E-state index contributed by atoms with van der Waals surface area (Å²) in [4.78, 5) is 0. The molecular weight excluding hydrogens is 202 g/mol. The zero-order valence-electron chi connectivity index (χ0n) is 9.68. The first kappa shape index (κ1) is 11.0. The average molecular weight is 219 g/mol. The molecule has 0 spiro atoms. The van der Waals surface area contributed by atoms with E-state index in [0.29, 0.717) is 0 Å². The summed E-state index contributed by atoms with van der Waals surface area (Å²) in [5.41, 5.74) is 8.41. The first-order chi connectivity index (χ1) is 7.70. The van der Waals surface area contributed by atoms with E-state index in [1.807, 2.05) is 25.5 Å². The van der Waals surface area contributed by atoms with E-state index in [9.17, 15) is 0 Å². The smallest absolute Gasteiger partial charge is 0.108 e. The van der Waals surface area contributed by atoms with Gasteiger partial charge in [-0.25, -0.2) is 0 Å². The lowest BCUT2D eigenvalue weighted by atomic mass is 10.0. The molecule has 0 saturated carbocycles. The molecule has 0 aliphatic carbocycles. The SMILES string of the molecule is CCc1occc1C(N)Cc1cnn(C)c1. The molecule has 0 fully saturated rings. The van der Waals surface area contributed by atoms with Crippen molar-refractivity contribution >= 4 is 0 Å². The summed E-state index contributed by atoms with van der Waals surface area (Å²) in [5, 5.41) is 4.13. The van der Waals surface area contributed by atoms with Crippen LogP contribution in [-0.2, 0) is 19.9 Å². The van der Waals surface area contributed by atoms with E-state index in [-0.39, 0.29) is 6.04 Å². The second kappa shape index (κ2) is 4.53. The fraction of sp³-hybridized carbons (Fsp3) is 0.417. The van der Waals surface area contributed by atoms with Gasteiger partial charge in [0.15, 0.2) is 0 Å². The summed E-state index contributed by atoms with van der Waals surface area (Å²) in [7, 11) is 1.91. The van der Waals surface area contributed by atoms with Crippen molar-refractivity contribution in [2.45, 2.75) is 25.8 Å². The fourth-order valence-electron chi connectivity index (χ4n) is 1.91. The lowest BCUT2D eigenvalue weighted by Crippen LogP contribution is -2.13. The molecule has 2 heterocycles. The van der Waals surface area contributed by atoms with Crippen LogP contribution >= 0.6 is 0 Å². The number of hydrogen-bond acceptors (Lipinski definition) is 3. The Balaban J connectivity index is 2.11. The van der Waals surface area contributed by atoms with Crippen molar-refractivity contribution in [3.63, 3.8) is 0 Å². The molecule has 0 radical (unpaired) electrons. The molecule has 2 aromatic heterocycles. The third kappa shape index (κ3) is 2.17. The van der Waals surface area contributed by atoms with E-state index in [1.54, 1.807) is 10.9 Å². The van der Waals surface area contributed by atoms with E-state index in [1.165, 1.54) is 0 Å². The molecule has 2 aromatic rings. The Hall–Kier alpha value is -1.55. The molecule has 16 heavy (non-hydrogen) atoms. The third-order valence-electron chi connectivity index (χ3n) is 2.71. The Kier molecular flexibility index (Phi) is 3.10. The minimum absolute atomic E-state index is 0.0158. The second-order valence-corrected chi connectivity index (χ2v) is 3.99. The third-order valence-corrected chi connectivity index (χ3v) is 2.71. The van der Waals surface area contributed by atoms with Crippen LogP contribution in [0.3, 0.4) is 0 Å². The average Bonchev–Trinajstić information content (AvgIpc) is 2.86. The lowest BCUT2D eigenvalue weighted by Gasteiger charge is -2.09. The number of nitrogens with zero attached hydrogens (tertiary/aromatic N) is 2. The number of rotatable bonds is 4. The summed E-state index contributed by atoms with van der Waals surface area (Å²) in [6.45, 7) is 2.07. The van der Waals surface area contributed by atoms with Gasteiger partial charge in [0.05, 0.1) is 12.5 Å². The number of aromatic nitrogens is 2. The first-order valence-electron chi connectivity index (χ1n) is 5.50. The van der Waals surface area contributed by atoms with E-state index < -0.39 is 0 Å². The largest absolute Gasteiger partial charge is 0.469 e. The highest BCUT2D eigenvalue weighted by molar-refractivity contribution is 5.23. The maximum absolute atomic E-state index is 6.16. The molecule has 4 heteroatoms. The maximum atomic E-state index is 6.16. The zero-order chi connectivity index (χ0) is 11.5. The van der Waals surface area contributed by atoms with Gasteiger partial charge in [0.1, 0.15) is 5.76 Å². The Labute approximate surface area is 95.1 Å². The van der Waals surface area contributed by atoms with Gasteiger partial charge in [-0.15, -0.1) is 0 Å². The van der Waals surface area contributed by atoms with Gasteiger partial charge < -0.3 is 10.2 Å². The van der Waals surface area contributed by atoms with Crippen LogP contribution in [-0.4, -0.2) is 9.78 Å². The summed E-state index contributed by atoms with van der Waals surface area (Å²) in [6.07, 6.45) is 7.22. The van der Waals surface area contributed by atoms with Crippen molar-refractivity contribution in [3.8, 4) is 0 Å². The molecule has 2 rings (SSSR count). The number of aryl methyl sites for hydroxylation is 2. The van der Waals surface area contributed by atoms with Gasteiger partial charge in [0.2, 0.25) is 0 Å². The highest BCUT2D eigenvalue weighted by Gasteiger charge is 2.14. The summed E-state index contributed by atoms with van der Waals surface area (Å²) in [6, 6.07) is 1.94. The topological polar surface area (TPSA) is 57.0 Å². The van der Waals surface area contributed by atoms with Crippen molar-refractivity contribution in [3.05, 3.63) is 41.6 Å². The van der Waals surface area contributed by atoms with Gasteiger partial charge in [-0.1, -0.05) is 6.92 Å². The standard InChI is InChI=1S/C12H17N3O/c1-3-12-10(4-5-16-12)11(13)6-9-7-14-15(2)8-9/h4-5,7-8,11H,3,6,13H2,1-2H3. The van der Waals surface area contributed by atoms with Gasteiger partial charge in [-0.2, -0.15) is 5.10 Å². The van der Waals surface area contributed by atoms with Crippen LogP contribution in [0.5, 0.6) is 0 Å². The molecule has 4 nitrogen and oxygen atoms in total. The van der Waals surface area contributed by atoms with Crippen molar-refractivity contribution < 1.29 is 4.42 Å². The van der Waals surface area contributed by atoms with Gasteiger partial charge in [0.25, 0.3) is 0 Å². The molecule has 2 N–H and O–H groups in total. The maximum Gasteiger partial charge on any atom is 0.108 e. The van der Waals surface area contributed by atoms with E-state index in [4.69, 9.17) is 10.2 Å². The molecule has 0 aromatic carbocycles. The lowest BCUT2D eigenvalue weighted by molar-refractivity contribution is 0.505. The highest BCUT2D eigenvalue weighted by Crippen LogP contribution is 2.21. The molecule has 1 atom stereocenters. The Morgan fingerprint density at radius 1 is 1.56 bits per heavy atom. The summed E-state index contributed by atoms with van der Waals surface area (Å²) < 4.78 is 7.17. The Bertz CT molecular complexity index is 458. The molecule has 1 unspecified atom stereocenters. The van der Waals surface area contributed by atoms with Crippen LogP contribution in [0, 0.1) is 0 Å². The molecule has 0 aliphatic heterocycles. The minimum Gasteiger partial charge on any atom is -0.469 e. The van der Waals surface area contributed by atoms with E-state index in [2.05, 4.69) is 12.0 Å². The highest BCUT2D eigenvalue weighted by atomic mass is 16.3. The predicted octanol–water partition coefficient (Wildman–Crippen LogP) is 1.82. The molecular formula is C12H17N3O. The molecule has 86 valence electrons. The minimum atomic E-state index is -0.0158. The van der Waals surface area contributed by atoms with Crippen molar-refractivity contribution in [2.75, 3.05) is 0 Å². The van der Waals surface area contributed by atoms with Crippen molar-refractivity contribution in [1.29, 1.82) is 0 Å². The molecule has 0 aliphatic rings. The fourth-order valence-corrected chi connectivity index (χ4v) is 1.91. The van der Waals surface area contributed by atoms with Gasteiger partial charge in [0, 0.05) is 31.3 Å². The first-order valence-corrected chi connectivity index (χ1v) is 5.50. The normalized spacial score (nSPS) is 12.9. The molecule has 0 bridgehead atoms. The monoisotopic (exact) mass is 219 g/mol. The molecule has 0 saturated heterocycles. The van der Waals surface area contributed by atoms with Crippen LogP contribution in [0.25, 0.3) is 0 Å². The van der Waals surface area contributed by atoms with Crippen LogP contribution in [0.15, 0.2) is 29.1 Å². The second-order valence-electron chi connectivity index (χ2n) is 3.99. The number of hydrogen-bond donors (Lipinski definition) is 1. The number of nitrogens with two attached hydrogens (primary N) is 1. The molecule has 0 amide bonds. The van der Waals surface area contributed by atoms with Gasteiger partial charge >= 0.3 is 0 Å². The van der Waals surface area contributed by atoms with Crippen LogP contribution in [0.4, 0.5) is 0 Å².